The van der Waals surface area contributed by atoms with Crippen molar-refractivity contribution in [1.82, 2.24) is 15.0 Å². The molecule has 0 radical (unpaired) electrons. The van der Waals surface area contributed by atoms with Gasteiger partial charge in [0.1, 0.15) is 11.4 Å². The number of alkyl halides is 3. The second kappa shape index (κ2) is 7.31. The summed E-state index contributed by atoms with van der Waals surface area (Å²) in [6, 6.07) is 3.67. The number of thiazole rings is 1. The molecule has 0 aliphatic carbocycles. The van der Waals surface area contributed by atoms with Crippen molar-refractivity contribution in [1.29, 1.82) is 0 Å². The molecule has 1 aromatic carbocycles. The Labute approximate surface area is 156 Å². The van der Waals surface area contributed by atoms with Crippen LogP contribution in [-0.4, -0.2) is 28.0 Å². The van der Waals surface area contributed by atoms with Gasteiger partial charge in [-0.15, -0.1) is 11.3 Å². The maximum absolute atomic E-state index is 13.2. The molecule has 1 amide bonds. The lowest BCUT2D eigenvalue weighted by atomic mass is 10.1. The summed E-state index contributed by atoms with van der Waals surface area (Å²) in [6.45, 7) is 1.74. The van der Waals surface area contributed by atoms with Gasteiger partial charge in [0.05, 0.1) is 30.3 Å². The number of ether oxygens (including phenoxy) is 1. The molecule has 0 aliphatic heterocycles. The van der Waals surface area contributed by atoms with Crippen molar-refractivity contribution in [2.75, 3.05) is 12.4 Å². The lowest BCUT2D eigenvalue weighted by Gasteiger charge is -2.12. The number of benzene rings is 1. The molecule has 0 fully saturated rings. The van der Waals surface area contributed by atoms with Crippen molar-refractivity contribution < 1.29 is 22.7 Å². The molecule has 27 heavy (non-hydrogen) atoms. The summed E-state index contributed by atoms with van der Waals surface area (Å²) in [7, 11) is 1.18. The molecule has 0 saturated heterocycles. The number of aryl methyl sites for hydroxylation is 1. The smallest absolute Gasteiger partial charge is 0.419 e. The zero-order chi connectivity index (χ0) is 19.6. The first-order valence-electron chi connectivity index (χ1n) is 7.59. The number of aromatic nitrogens is 3. The van der Waals surface area contributed by atoms with E-state index in [1.807, 2.05) is 0 Å². The number of amides is 1. The van der Waals surface area contributed by atoms with Crippen LogP contribution in [0.25, 0.3) is 11.3 Å². The van der Waals surface area contributed by atoms with E-state index in [0.29, 0.717) is 11.4 Å². The molecule has 6 nitrogen and oxygen atoms in total. The Kier molecular flexibility index (Phi) is 5.08. The van der Waals surface area contributed by atoms with Gasteiger partial charge in [-0.1, -0.05) is 0 Å². The first-order chi connectivity index (χ1) is 12.8. The molecule has 0 bridgehead atoms. The van der Waals surface area contributed by atoms with Crippen LogP contribution < -0.4 is 10.1 Å². The maximum atomic E-state index is 13.2. The Morgan fingerprint density at radius 1 is 1.22 bits per heavy atom. The first kappa shape index (κ1) is 18.8. The summed E-state index contributed by atoms with van der Waals surface area (Å²) in [6.07, 6.45) is -1.77. The number of nitrogens with zero attached hydrogens (tertiary/aromatic N) is 3. The fourth-order valence-electron chi connectivity index (χ4n) is 2.22. The maximum Gasteiger partial charge on any atom is 0.419 e. The van der Waals surface area contributed by atoms with E-state index in [9.17, 15) is 18.0 Å². The Balaban J connectivity index is 1.83. The number of nitrogens with one attached hydrogen (secondary N) is 1. The molecule has 0 saturated carbocycles. The molecule has 10 heteroatoms. The molecular formula is C17H13F3N4O2S. The van der Waals surface area contributed by atoms with Gasteiger partial charge in [0.15, 0.2) is 5.13 Å². The number of halogens is 3. The van der Waals surface area contributed by atoms with Gasteiger partial charge in [0, 0.05) is 17.1 Å². The summed E-state index contributed by atoms with van der Waals surface area (Å²) in [4.78, 5) is 24.2. The highest BCUT2D eigenvalue weighted by molar-refractivity contribution is 7.14. The van der Waals surface area contributed by atoms with E-state index in [0.717, 1.165) is 17.4 Å². The Morgan fingerprint density at radius 2 is 2.00 bits per heavy atom. The van der Waals surface area contributed by atoms with Crippen molar-refractivity contribution >= 4 is 22.4 Å². The molecule has 0 aliphatic rings. The fraction of sp³-hybridized carbons (Fsp3) is 0.176. The van der Waals surface area contributed by atoms with E-state index < -0.39 is 17.6 Å². The number of hydrogen-bond acceptors (Lipinski definition) is 6. The Morgan fingerprint density at radius 3 is 2.63 bits per heavy atom. The molecule has 3 rings (SSSR count). The summed E-state index contributed by atoms with van der Waals surface area (Å²) in [5.74, 6) is -0.776. The van der Waals surface area contributed by atoms with Gasteiger partial charge in [-0.05, 0) is 25.1 Å². The third-order valence-electron chi connectivity index (χ3n) is 3.54. The second-order valence-electron chi connectivity index (χ2n) is 5.45. The van der Waals surface area contributed by atoms with Gasteiger partial charge >= 0.3 is 6.18 Å². The molecule has 140 valence electrons. The van der Waals surface area contributed by atoms with Crippen molar-refractivity contribution in [2.24, 2.45) is 0 Å². The van der Waals surface area contributed by atoms with Crippen LogP contribution in [0.2, 0.25) is 0 Å². The normalized spacial score (nSPS) is 11.3. The predicted octanol–water partition coefficient (Wildman–Crippen LogP) is 4.19. The fourth-order valence-corrected chi connectivity index (χ4v) is 2.94. The number of anilines is 1. The van der Waals surface area contributed by atoms with E-state index in [4.69, 9.17) is 4.74 Å². The minimum atomic E-state index is -4.56. The van der Waals surface area contributed by atoms with Gasteiger partial charge in [-0.3, -0.25) is 15.1 Å². The zero-order valence-corrected chi connectivity index (χ0v) is 15.0. The van der Waals surface area contributed by atoms with Gasteiger partial charge in [0.2, 0.25) is 0 Å². The van der Waals surface area contributed by atoms with Crippen LogP contribution in [0, 0.1) is 6.92 Å². The summed E-state index contributed by atoms with van der Waals surface area (Å²) in [5.41, 5.74) is 0.452. The molecule has 2 heterocycles. The van der Waals surface area contributed by atoms with Crippen LogP contribution in [-0.2, 0) is 6.18 Å². The first-order valence-corrected chi connectivity index (χ1v) is 8.47. The highest BCUT2D eigenvalue weighted by Crippen LogP contribution is 2.39. The third-order valence-corrected chi connectivity index (χ3v) is 4.30. The van der Waals surface area contributed by atoms with Crippen LogP contribution in [0.3, 0.4) is 0 Å². The monoisotopic (exact) mass is 394 g/mol. The van der Waals surface area contributed by atoms with E-state index in [1.54, 1.807) is 12.3 Å². The average molecular weight is 394 g/mol. The molecule has 0 atom stereocenters. The van der Waals surface area contributed by atoms with Crippen LogP contribution in [0.4, 0.5) is 18.3 Å². The van der Waals surface area contributed by atoms with Gasteiger partial charge in [0.25, 0.3) is 5.91 Å². The lowest BCUT2D eigenvalue weighted by Crippen LogP contribution is -2.14. The van der Waals surface area contributed by atoms with Crippen molar-refractivity contribution in [3.05, 3.63) is 52.9 Å². The van der Waals surface area contributed by atoms with Crippen LogP contribution in [0.15, 0.2) is 36.0 Å². The Hall–Kier alpha value is -3.01. The van der Waals surface area contributed by atoms with Crippen LogP contribution in [0.5, 0.6) is 5.75 Å². The number of carbonyl (C=O) groups is 1. The number of methoxy groups -OCH3 is 1. The zero-order valence-electron chi connectivity index (χ0n) is 14.2. The number of carbonyl (C=O) groups excluding carboxylic acids is 1. The van der Waals surface area contributed by atoms with Crippen molar-refractivity contribution in [3.8, 4) is 17.0 Å². The van der Waals surface area contributed by atoms with Crippen LogP contribution in [0.1, 0.15) is 21.7 Å². The van der Waals surface area contributed by atoms with Gasteiger partial charge in [-0.25, -0.2) is 9.97 Å². The molecule has 0 spiro atoms. The van der Waals surface area contributed by atoms with Gasteiger partial charge < -0.3 is 4.74 Å². The standard InChI is InChI=1S/C17H13F3N4O2S/c1-9-6-22-12(7-21-9)15(25)24-16-23-13(8-27-16)10-3-4-14(26-2)11(5-10)17(18,19)20/h3-8H,1-2H3,(H,23,24,25). The van der Waals surface area contributed by atoms with Crippen molar-refractivity contribution in [2.45, 2.75) is 13.1 Å². The SMILES string of the molecule is COc1ccc(-c2csc(NC(=O)c3cnc(C)cn3)n2)cc1C(F)(F)F. The minimum Gasteiger partial charge on any atom is -0.496 e. The number of rotatable bonds is 4. The Bertz CT molecular complexity index is 971. The molecule has 1 N–H and O–H groups in total. The summed E-state index contributed by atoms with van der Waals surface area (Å²) in [5, 5.41) is 4.35. The van der Waals surface area contributed by atoms with Crippen molar-refractivity contribution in [3.63, 3.8) is 0 Å². The molecule has 3 aromatic rings. The predicted molar refractivity (Wildman–Crippen MR) is 93.8 cm³/mol. The largest absolute Gasteiger partial charge is 0.496 e. The highest BCUT2D eigenvalue weighted by Gasteiger charge is 2.34. The summed E-state index contributed by atoms with van der Waals surface area (Å²) >= 11 is 1.09. The van der Waals surface area contributed by atoms with Gasteiger partial charge in [-0.2, -0.15) is 13.2 Å². The second-order valence-corrected chi connectivity index (χ2v) is 6.31. The van der Waals surface area contributed by atoms with Crippen LogP contribution >= 0.6 is 11.3 Å². The van der Waals surface area contributed by atoms with E-state index in [1.165, 1.54) is 31.6 Å². The van der Waals surface area contributed by atoms with E-state index >= 15 is 0 Å². The molecular weight excluding hydrogens is 381 g/mol. The quantitative estimate of drug-likeness (QED) is 0.718. The minimum absolute atomic E-state index is 0.112. The van der Waals surface area contributed by atoms with E-state index in [2.05, 4.69) is 20.3 Å². The third kappa shape index (κ3) is 4.22. The summed E-state index contributed by atoms with van der Waals surface area (Å²) < 4.78 is 44.2. The lowest BCUT2D eigenvalue weighted by molar-refractivity contribution is -0.138. The molecule has 0 unspecified atom stereocenters. The van der Waals surface area contributed by atoms with E-state index in [-0.39, 0.29) is 22.1 Å². The molecule has 2 aromatic heterocycles. The number of hydrogen-bond donors (Lipinski definition) is 1. The highest BCUT2D eigenvalue weighted by atomic mass is 32.1. The average Bonchev–Trinajstić information content (AvgIpc) is 3.09. The topological polar surface area (TPSA) is 77.0 Å².